The molecule has 18 aromatic rings. The van der Waals surface area contributed by atoms with Crippen LogP contribution in [0.4, 0.5) is 22.7 Å². The lowest BCUT2D eigenvalue weighted by atomic mass is 9.33. The SMILES string of the molecule is CC(C)(C)c1ccc(-c2cc(C(C)(C)C)cc(-c3ccc(C(C)(C)C)cc3)c2CCCCCCN2c3cc(-n4c5ccccc5c5cc6c(cc54)C4(c5ccccc5-c5ccccc54)c4ccccc4-6)ccc3B3c4cc(-c5cccc6c5oc5ccccc56)ccc4N(CCCc4c(-c5ccc(C(C)(C)C)cc5)cc(C(C)(C)C)cc4-c4ccc(C(C)(C)C)cc4)c4cc(C(C)(C)C)cc2c43)cc1. The van der Waals surface area contributed by atoms with Gasteiger partial charge in [-0.1, -0.05) is 425 Å². The van der Waals surface area contributed by atoms with Crippen molar-refractivity contribution >= 4 is 89.6 Å². The third-order valence-electron chi connectivity index (χ3n) is 31.7. The Morgan fingerprint density at radius 1 is 0.252 bits per heavy atom. The van der Waals surface area contributed by atoms with Gasteiger partial charge in [-0.25, -0.2) is 0 Å². The quantitative estimate of drug-likeness (QED) is 0.0671. The van der Waals surface area contributed by atoms with Crippen LogP contribution in [0, 0.1) is 0 Å². The minimum Gasteiger partial charge on any atom is -0.455 e. The number of hydrogen-bond donors (Lipinski definition) is 0. The Balaban J connectivity index is 0.725. The second kappa shape index (κ2) is 33.5. The molecule has 4 heterocycles. The number of hydrogen-bond acceptors (Lipinski definition) is 3. The summed E-state index contributed by atoms with van der Waals surface area (Å²) in [6.45, 7) is 51.0. The van der Waals surface area contributed by atoms with E-state index in [1.807, 2.05) is 0 Å². The lowest BCUT2D eigenvalue weighted by Gasteiger charge is -2.45. The van der Waals surface area contributed by atoms with Crippen molar-refractivity contribution in [3.63, 3.8) is 0 Å². The summed E-state index contributed by atoms with van der Waals surface area (Å²) in [5.41, 5.74) is 49.3. The molecule has 139 heavy (non-hydrogen) atoms. The molecule has 2 aliphatic carbocycles. The first kappa shape index (κ1) is 90.9. The van der Waals surface area contributed by atoms with Gasteiger partial charge in [-0.2, -0.15) is 0 Å². The van der Waals surface area contributed by atoms with E-state index < -0.39 is 5.41 Å². The lowest BCUT2D eigenvalue weighted by molar-refractivity contribution is 0.589. The van der Waals surface area contributed by atoms with Gasteiger partial charge in [0, 0.05) is 68.6 Å². The largest absolute Gasteiger partial charge is 0.455 e. The van der Waals surface area contributed by atoms with Crippen LogP contribution < -0.4 is 26.2 Å². The number of rotatable bonds is 17. The highest BCUT2D eigenvalue weighted by Crippen LogP contribution is 2.64. The summed E-state index contributed by atoms with van der Waals surface area (Å²) in [5, 5.41) is 4.77. The summed E-state index contributed by atoms with van der Waals surface area (Å²) >= 11 is 0. The van der Waals surface area contributed by atoms with Gasteiger partial charge in [0.2, 0.25) is 0 Å². The summed E-state index contributed by atoms with van der Waals surface area (Å²) < 4.78 is 9.71. The van der Waals surface area contributed by atoms with Gasteiger partial charge in [0.15, 0.2) is 0 Å². The number of anilines is 4. The fourth-order valence-corrected chi connectivity index (χ4v) is 23.9. The Hall–Kier alpha value is -13.2. The molecule has 5 heteroatoms. The van der Waals surface area contributed by atoms with Crippen molar-refractivity contribution in [1.82, 2.24) is 4.57 Å². The predicted molar refractivity (Wildman–Crippen MR) is 597 cm³/mol. The molecule has 1 spiro atoms. The molecule has 0 amide bonds. The van der Waals surface area contributed by atoms with E-state index >= 15 is 0 Å². The van der Waals surface area contributed by atoms with E-state index in [1.54, 1.807) is 0 Å². The maximum Gasteiger partial charge on any atom is 0.252 e. The van der Waals surface area contributed by atoms with Crippen LogP contribution in [0.5, 0.6) is 0 Å². The maximum atomic E-state index is 7.07. The van der Waals surface area contributed by atoms with Crippen LogP contribution in [0.25, 0.3) is 127 Å². The molecule has 0 bridgehead atoms. The van der Waals surface area contributed by atoms with Crippen molar-refractivity contribution in [2.75, 3.05) is 22.9 Å². The molecule has 0 saturated heterocycles. The molecule has 2 aromatic heterocycles. The summed E-state index contributed by atoms with van der Waals surface area (Å²) in [7, 11) is 0. The Kier molecular flexibility index (Phi) is 21.9. The third kappa shape index (κ3) is 15.6. The number of para-hydroxylation sites is 3. The monoisotopic (exact) mass is 1810 g/mol. The van der Waals surface area contributed by atoms with Crippen LogP contribution in [0.1, 0.15) is 250 Å². The molecular formula is C134H134BN3O. The summed E-state index contributed by atoms with van der Waals surface area (Å²) in [6, 6.07) is 127. The smallest absolute Gasteiger partial charge is 0.252 e. The van der Waals surface area contributed by atoms with E-state index in [1.165, 1.54) is 200 Å². The van der Waals surface area contributed by atoms with Gasteiger partial charge < -0.3 is 18.8 Å². The molecule has 0 radical (unpaired) electrons. The molecule has 22 rings (SSSR count). The Labute approximate surface area is 826 Å². The first-order valence-corrected chi connectivity index (χ1v) is 51.4. The first-order chi connectivity index (χ1) is 66.4. The fraction of sp³-hybridized carbons (Fsp3) is 0.284. The number of fused-ring (bicyclic) bond motifs is 20. The standard InChI is InChI=1S/C134H134BN3O/c1-127(2,3)89-61-52-84(53-62-89)106-75-93(131(13,14)15)76-107(85-54-63-90(64-55-85)128(4,5)6)98(106)38-24-22-23-35-72-137-121-81-96(138-118-50-33-28-42-103(118)111-82-110-102-41-27-32-49-114(102)134(115(110)83-120(111)138)112-47-30-25-39-100(112)101-40-26-31-48-113(101)134)69-70-116(121)135-117-74-88(97-44-36-45-105-104-43-29-34-51-124(104)139-126(97)105)60-71-119(117)136(122-79-95(133(19,20)21)80-123(137)125(122)135)73-37-46-99-108(86-56-65-91(66-57-86)129(7,8)9)77-94(132(16,17)18)78-109(99)87-58-67-92(68-59-87)130(10,11)12/h25-34,36,39-45,47-71,74-83H,22-24,35,37-38,46,72-73H2,1-21H3. The van der Waals surface area contributed by atoms with Gasteiger partial charge in [0.1, 0.15) is 11.2 Å². The molecule has 0 saturated carbocycles. The van der Waals surface area contributed by atoms with Gasteiger partial charge >= 0.3 is 0 Å². The van der Waals surface area contributed by atoms with Crippen LogP contribution in [-0.2, 0) is 56.2 Å². The normalized spacial score (nSPS) is 13.9. The Bertz CT molecular complexity index is 7710. The number of aromatic nitrogens is 1. The molecule has 0 N–H and O–H groups in total. The number of nitrogens with zero attached hydrogens (tertiary/aromatic N) is 3. The third-order valence-corrected chi connectivity index (χ3v) is 31.7. The molecule has 0 unspecified atom stereocenters. The molecule has 694 valence electrons. The molecule has 0 atom stereocenters. The molecule has 4 nitrogen and oxygen atoms in total. The average molecular weight is 1810 g/mol. The van der Waals surface area contributed by atoms with E-state index in [0.717, 1.165) is 96.8 Å². The lowest BCUT2D eigenvalue weighted by Crippen LogP contribution is -2.62. The maximum absolute atomic E-state index is 7.07. The first-order valence-electron chi connectivity index (χ1n) is 51.4. The Morgan fingerprint density at radius 3 is 1.15 bits per heavy atom. The van der Waals surface area contributed by atoms with Crippen molar-refractivity contribution in [1.29, 1.82) is 0 Å². The van der Waals surface area contributed by atoms with E-state index in [0.29, 0.717) is 0 Å². The minimum absolute atomic E-state index is 0.00824. The van der Waals surface area contributed by atoms with E-state index in [2.05, 4.69) is 481 Å². The highest BCUT2D eigenvalue weighted by molar-refractivity contribution is 7.00. The summed E-state index contributed by atoms with van der Waals surface area (Å²) in [5.74, 6) is 0. The van der Waals surface area contributed by atoms with Crippen molar-refractivity contribution in [3.8, 4) is 83.6 Å². The van der Waals surface area contributed by atoms with E-state index in [4.69, 9.17) is 4.42 Å². The molecular weight excluding hydrogens is 1680 g/mol. The average Bonchev–Trinajstić information content (AvgIpc) is 1.49. The molecule has 2 aliphatic heterocycles. The second-order valence-electron chi connectivity index (χ2n) is 48.0. The van der Waals surface area contributed by atoms with Gasteiger partial charge in [-0.15, -0.1) is 0 Å². The number of benzene rings is 16. The summed E-state index contributed by atoms with van der Waals surface area (Å²) in [6.07, 6.45) is 6.90. The van der Waals surface area contributed by atoms with Crippen molar-refractivity contribution < 1.29 is 4.42 Å². The Morgan fingerprint density at radius 2 is 0.655 bits per heavy atom. The zero-order valence-electron chi connectivity index (χ0n) is 85.8. The molecule has 0 fully saturated rings. The minimum atomic E-state index is -0.524. The highest BCUT2D eigenvalue weighted by atomic mass is 16.3. The van der Waals surface area contributed by atoms with Crippen LogP contribution in [0.2, 0.25) is 0 Å². The van der Waals surface area contributed by atoms with Crippen LogP contribution in [0.15, 0.2) is 326 Å². The van der Waals surface area contributed by atoms with Crippen molar-refractivity contribution in [2.45, 2.75) is 234 Å². The summed E-state index contributed by atoms with van der Waals surface area (Å²) in [4.78, 5) is 5.63. The van der Waals surface area contributed by atoms with E-state index in [-0.39, 0.29) is 44.6 Å². The van der Waals surface area contributed by atoms with Crippen molar-refractivity contribution in [3.05, 3.63) is 394 Å². The second-order valence-corrected chi connectivity index (χ2v) is 48.0. The van der Waals surface area contributed by atoms with Gasteiger partial charge in [0.05, 0.1) is 16.4 Å². The molecule has 16 aromatic carbocycles. The zero-order valence-corrected chi connectivity index (χ0v) is 85.8. The number of furan rings is 1. The highest BCUT2D eigenvalue weighted by Gasteiger charge is 2.53. The molecule has 4 aliphatic rings. The fourth-order valence-electron chi connectivity index (χ4n) is 23.9. The van der Waals surface area contributed by atoms with Gasteiger partial charge in [0.25, 0.3) is 6.71 Å². The van der Waals surface area contributed by atoms with Crippen molar-refractivity contribution in [2.24, 2.45) is 0 Å². The topological polar surface area (TPSA) is 24.6 Å². The van der Waals surface area contributed by atoms with Crippen LogP contribution in [-0.4, -0.2) is 24.4 Å². The predicted octanol–water partition coefficient (Wildman–Crippen LogP) is 34.3. The van der Waals surface area contributed by atoms with E-state index in [9.17, 15) is 0 Å². The van der Waals surface area contributed by atoms with Gasteiger partial charge in [-0.3, -0.25) is 0 Å². The zero-order chi connectivity index (χ0) is 96.7. The van der Waals surface area contributed by atoms with Crippen LogP contribution >= 0.6 is 0 Å². The van der Waals surface area contributed by atoms with Gasteiger partial charge in [-0.05, 0) is 286 Å². The van der Waals surface area contributed by atoms with Crippen LogP contribution in [0.3, 0.4) is 0 Å². The number of unbranched alkanes of at least 4 members (excludes halogenated alkanes) is 3.